The van der Waals surface area contributed by atoms with Gasteiger partial charge in [0.1, 0.15) is 5.82 Å². The molecule has 2 aromatic rings. The van der Waals surface area contributed by atoms with Crippen molar-refractivity contribution in [2.45, 2.75) is 13.3 Å². The van der Waals surface area contributed by atoms with Gasteiger partial charge in [0.15, 0.2) is 0 Å². The first-order valence-corrected chi connectivity index (χ1v) is 5.27. The Kier molecular flexibility index (Phi) is 3.01. The van der Waals surface area contributed by atoms with Crippen LogP contribution in [-0.4, -0.2) is 20.9 Å². The van der Waals surface area contributed by atoms with Crippen LogP contribution < -0.4 is 5.56 Å². The van der Waals surface area contributed by atoms with E-state index in [0.717, 1.165) is 0 Å². The highest BCUT2D eigenvalue weighted by atomic mass is 19.1. The second-order valence-corrected chi connectivity index (χ2v) is 3.89. The fourth-order valence-corrected chi connectivity index (χ4v) is 1.78. The third kappa shape index (κ3) is 2.17. The number of hydrogen-bond donors (Lipinski definition) is 2. The maximum atomic E-state index is 13.1. The number of hydrogen-bond acceptors (Lipinski definition) is 2. The largest absolute Gasteiger partial charge is 0.481 e. The van der Waals surface area contributed by atoms with Crippen molar-refractivity contribution in [3.63, 3.8) is 0 Å². The van der Waals surface area contributed by atoms with E-state index in [4.69, 9.17) is 5.11 Å². The third-order valence-electron chi connectivity index (χ3n) is 2.65. The second kappa shape index (κ2) is 4.48. The van der Waals surface area contributed by atoms with E-state index < -0.39 is 17.3 Å². The summed E-state index contributed by atoms with van der Waals surface area (Å²) >= 11 is 0. The van der Waals surface area contributed by atoms with Crippen molar-refractivity contribution in [1.29, 1.82) is 0 Å². The Labute approximate surface area is 101 Å². The summed E-state index contributed by atoms with van der Waals surface area (Å²) < 4.78 is 14.5. The van der Waals surface area contributed by atoms with Crippen LogP contribution in [0, 0.1) is 12.7 Å². The monoisotopic (exact) mass is 250 g/mol. The van der Waals surface area contributed by atoms with Crippen LogP contribution in [0.2, 0.25) is 0 Å². The number of aromatic amines is 1. The molecule has 0 saturated heterocycles. The van der Waals surface area contributed by atoms with Gasteiger partial charge < -0.3 is 5.11 Å². The SMILES string of the molecule is Cc1c(CC(=O)O)c(=O)[nH]n1-c1cccc(F)c1. The number of aliphatic carboxylic acids is 1. The Morgan fingerprint density at radius 1 is 1.50 bits per heavy atom. The molecule has 0 saturated carbocycles. The van der Waals surface area contributed by atoms with E-state index in [1.807, 2.05) is 0 Å². The molecule has 5 nitrogen and oxygen atoms in total. The first-order chi connectivity index (χ1) is 8.49. The molecule has 2 rings (SSSR count). The average Bonchev–Trinajstić information content (AvgIpc) is 2.56. The van der Waals surface area contributed by atoms with Crippen molar-refractivity contribution < 1.29 is 14.3 Å². The highest BCUT2D eigenvalue weighted by Gasteiger charge is 2.15. The molecule has 0 atom stereocenters. The van der Waals surface area contributed by atoms with Crippen molar-refractivity contribution in [2.75, 3.05) is 0 Å². The van der Waals surface area contributed by atoms with E-state index in [1.54, 1.807) is 13.0 Å². The summed E-state index contributed by atoms with van der Waals surface area (Å²) in [6, 6.07) is 5.68. The fourth-order valence-electron chi connectivity index (χ4n) is 1.78. The maximum absolute atomic E-state index is 13.1. The lowest BCUT2D eigenvalue weighted by Gasteiger charge is -2.05. The second-order valence-electron chi connectivity index (χ2n) is 3.89. The minimum Gasteiger partial charge on any atom is -0.481 e. The minimum absolute atomic E-state index is 0.173. The lowest BCUT2D eigenvalue weighted by Crippen LogP contribution is -2.11. The van der Waals surface area contributed by atoms with E-state index in [2.05, 4.69) is 5.10 Å². The highest BCUT2D eigenvalue weighted by Crippen LogP contribution is 2.13. The van der Waals surface area contributed by atoms with Crippen LogP contribution in [0.1, 0.15) is 11.3 Å². The molecule has 0 bridgehead atoms. The van der Waals surface area contributed by atoms with Crippen molar-refractivity contribution in [3.8, 4) is 5.69 Å². The Balaban J connectivity index is 2.54. The normalized spacial score (nSPS) is 10.6. The molecule has 2 N–H and O–H groups in total. The molecule has 0 fully saturated rings. The first kappa shape index (κ1) is 12.1. The van der Waals surface area contributed by atoms with Crippen molar-refractivity contribution >= 4 is 5.97 Å². The number of rotatable bonds is 3. The Morgan fingerprint density at radius 2 is 2.22 bits per heavy atom. The topological polar surface area (TPSA) is 75.1 Å². The molecule has 0 spiro atoms. The number of nitrogens with one attached hydrogen (secondary N) is 1. The van der Waals surface area contributed by atoms with Gasteiger partial charge in [0.25, 0.3) is 5.56 Å². The molecule has 18 heavy (non-hydrogen) atoms. The van der Waals surface area contributed by atoms with Gasteiger partial charge in [-0.25, -0.2) is 4.39 Å². The van der Waals surface area contributed by atoms with Crippen LogP contribution in [-0.2, 0) is 11.2 Å². The van der Waals surface area contributed by atoms with E-state index >= 15 is 0 Å². The molecule has 1 heterocycles. The van der Waals surface area contributed by atoms with Gasteiger partial charge in [-0.2, -0.15) is 0 Å². The van der Waals surface area contributed by atoms with E-state index in [1.165, 1.54) is 22.9 Å². The van der Waals surface area contributed by atoms with Crippen LogP contribution in [0.4, 0.5) is 4.39 Å². The van der Waals surface area contributed by atoms with E-state index in [9.17, 15) is 14.0 Å². The van der Waals surface area contributed by atoms with Crippen molar-refractivity contribution in [2.24, 2.45) is 0 Å². The van der Waals surface area contributed by atoms with Crippen LogP contribution in [0.15, 0.2) is 29.1 Å². The summed E-state index contributed by atoms with van der Waals surface area (Å²) in [5.74, 6) is -1.51. The lowest BCUT2D eigenvalue weighted by molar-refractivity contribution is -0.136. The van der Waals surface area contributed by atoms with Crippen LogP contribution in [0.25, 0.3) is 5.69 Å². The molecule has 0 aliphatic carbocycles. The van der Waals surface area contributed by atoms with Gasteiger partial charge in [-0.05, 0) is 25.1 Å². The average molecular weight is 250 g/mol. The van der Waals surface area contributed by atoms with Crippen molar-refractivity contribution in [3.05, 3.63) is 51.7 Å². The molecular formula is C12H11FN2O3. The third-order valence-corrected chi connectivity index (χ3v) is 2.65. The summed E-state index contributed by atoms with van der Waals surface area (Å²) in [5, 5.41) is 11.2. The zero-order chi connectivity index (χ0) is 13.3. The molecule has 0 aliphatic rings. The molecule has 0 radical (unpaired) electrons. The number of benzene rings is 1. The Bertz CT molecular complexity index is 658. The molecule has 0 aliphatic heterocycles. The summed E-state index contributed by atoms with van der Waals surface area (Å²) in [6.07, 6.45) is -0.358. The summed E-state index contributed by atoms with van der Waals surface area (Å²) in [5.41, 5.74) is 0.611. The lowest BCUT2D eigenvalue weighted by atomic mass is 10.2. The molecule has 1 aromatic heterocycles. The summed E-state index contributed by atoms with van der Waals surface area (Å²) in [7, 11) is 0. The highest BCUT2D eigenvalue weighted by molar-refractivity contribution is 5.70. The number of halogens is 1. The number of carboxylic acid groups (broad SMARTS) is 1. The zero-order valence-electron chi connectivity index (χ0n) is 9.61. The Hall–Kier alpha value is -2.37. The fraction of sp³-hybridized carbons (Fsp3) is 0.167. The number of carbonyl (C=O) groups is 1. The molecule has 0 unspecified atom stereocenters. The van der Waals surface area contributed by atoms with Crippen LogP contribution in [0.5, 0.6) is 0 Å². The Morgan fingerprint density at radius 3 is 2.83 bits per heavy atom. The van der Waals surface area contributed by atoms with Crippen molar-refractivity contribution in [1.82, 2.24) is 9.78 Å². The first-order valence-electron chi connectivity index (χ1n) is 5.27. The number of aromatic nitrogens is 2. The van der Waals surface area contributed by atoms with Crippen LogP contribution >= 0.6 is 0 Å². The van der Waals surface area contributed by atoms with Gasteiger partial charge in [0.05, 0.1) is 17.7 Å². The molecular weight excluding hydrogens is 239 g/mol. The quantitative estimate of drug-likeness (QED) is 0.860. The number of carboxylic acids is 1. The van der Waals surface area contributed by atoms with Crippen LogP contribution in [0.3, 0.4) is 0 Å². The van der Waals surface area contributed by atoms with Gasteiger partial charge in [-0.15, -0.1) is 0 Å². The predicted octanol–water partition coefficient (Wildman–Crippen LogP) is 1.24. The number of H-pyrrole nitrogens is 1. The molecule has 1 aromatic carbocycles. The summed E-state index contributed by atoms with van der Waals surface area (Å²) in [6.45, 7) is 1.61. The van der Waals surface area contributed by atoms with Gasteiger partial charge >= 0.3 is 5.97 Å². The van der Waals surface area contributed by atoms with Gasteiger partial charge in [-0.1, -0.05) is 6.07 Å². The molecule has 6 heteroatoms. The molecule has 94 valence electrons. The minimum atomic E-state index is -1.08. The van der Waals surface area contributed by atoms with Gasteiger partial charge in [0, 0.05) is 5.69 Å². The van der Waals surface area contributed by atoms with Gasteiger partial charge in [-0.3, -0.25) is 19.4 Å². The number of nitrogens with zero attached hydrogens (tertiary/aromatic N) is 1. The maximum Gasteiger partial charge on any atom is 0.308 e. The zero-order valence-corrected chi connectivity index (χ0v) is 9.61. The summed E-state index contributed by atoms with van der Waals surface area (Å²) in [4.78, 5) is 22.3. The van der Waals surface area contributed by atoms with E-state index in [-0.39, 0.29) is 12.0 Å². The van der Waals surface area contributed by atoms with E-state index in [0.29, 0.717) is 11.4 Å². The molecule has 0 amide bonds. The predicted molar refractivity (Wildman–Crippen MR) is 62.4 cm³/mol. The smallest absolute Gasteiger partial charge is 0.308 e. The van der Waals surface area contributed by atoms with Gasteiger partial charge in [0.2, 0.25) is 0 Å². The standard InChI is InChI=1S/C12H11FN2O3/c1-7-10(6-11(16)17)12(18)14-15(7)9-4-2-3-8(13)5-9/h2-5H,6H2,1H3,(H,14,18)(H,16,17).